The summed E-state index contributed by atoms with van der Waals surface area (Å²) in [5, 5.41) is 2.86. The second-order valence-corrected chi connectivity index (χ2v) is 7.87. The van der Waals surface area contributed by atoms with Crippen LogP contribution in [0.4, 0.5) is 0 Å². The standard InChI is InChI=1S/C18H24N2O3S/c1-2-12-20-24(22,23)17-11-5-10-16(14-17)18(21)19-13-6-9-15-7-3-4-8-15/h1,5,10-11,14-15,20H,3-4,6-9,12-13H2,(H,19,21). The normalized spacial score (nSPS) is 15.1. The van der Waals surface area contributed by atoms with Crippen molar-refractivity contribution in [1.29, 1.82) is 0 Å². The van der Waals surface area contributed by atoms with Crippen LogP contribution in [0.5, 0.6) is 0 Å². The Balaban J connectivity index is 1.88. The zero-order valence-corrected chi connectivity index (χ0v) is 14.6. The first-order valence-electron chi connectivity index (χ1n) is 8.34. The van der Waals surface area contributed by atoms with Crippen molar-refractivity contribution >= 4 is 15.9 Å². The molecule has 1 aliphatic rings. The fourth-order valence-corrected chi connectivity index (χ4v) is 4.00. The summed E-state index contributed by atoms with van der Waals surface area (Å²) in [6.07, 6.45) is 12.4. The fourth-order valence-electron chi connectivity index (χ4n) is 3.02. The first-order chi connectivity index (χ1) is 11.5. The van der Waals surface area contributed by atoms with Gasteiger partial charge in [-0.1, -0.05) is 37.7 Å². The minimum Gasteiger partial charge on any atom is -0.352 e. The molecule has 24 heavy (non-hydrogen) atoms. The van der Waals surface area contributed by atoms with Gasteiger partial charge in [0.05, 0.1) is 11.4 Å². The molecule has 5 nitrogen and oxygen atoms in total. The molecule has 6 heteroatoms. The van der Waals surface area contributed by atoms with Gasteiger partial charge in [0, 0.05) is 12.1 Å². The van der Waals surface area contributed by atoms with Crippen LogP contribution in [0.25, 0.3) is 0 Å². The van der Waals surface area contributed by atoms with Crippen molar-refractivity contribution in [3.05, 3.63) is 29.8 Å². The molecule has 0 spiro atoms. The first kappa shape index (κ1) is 18.5. The molecule has 0 aromatic heterocycles. The second-order valence-electron chi connectivity index (χ2n) is 6.11. The Kier molecular flexibility index (Phi) is 6.83. The summed E-state index contributed by atoms with van der Waals surface area (Å²) in [6.45, 7) is 0.529. The summed E-state index contributed by atoms with van der Waals surface area (Å²) in [6, 6.07) is 5.96. The highest BCUT2D eigenvalue weighted by atomic mass is 32.2. The van der Waals surface area contributed by atoms with E-state index in [0.29, 0.717) is 12.1 Å². The molecular formula is C18H24N2O3S. The minimum atomic E-state index is -3.69. The third kappa shape index (κ3) is 5.36. The summed E-state index contributed by atoms with van der Waals surface area (Å²) in [7, 11) is -3.69. The predicted octanol–water partition coefficient (Wildman–Crippen LogP) is 2.30. The quantitative estimate of drug-likeness (QED) is 0.559. The third-order valence-electron chi connectivity index (χ3n) is 4.32. The largest absolute Gasteiger partial charge is 0.352 e. The molecule has 0 heterocycles. The number of terminal acetylenes is 1. The maximum atomic E-state index is 12.2. The lowest BCUT2D eigenvalue weighted by Crippen LogP contribution is -2.26. The van der Waals surface area contributed by atoms with Gasteiger partial charge in [0.1, 0.15) is 0 Å². The molecule has 0 aliphatic heterocycles. The minimum absolute atomic E-state index is 0.0383. The average molecular weight is 348 g/mol. The van der Waals surface area contributed by atoms with E-state index in [1.165, 1.54) is 37.8 Å². The monoisotopic (exact) mass is 348 g/mol. The van der Waals surface area contributed by atoms with Gasteiger partial charge in [0.15, 0.2) is 0 Å². The number of carbonyl (C=O) groups is 1. The number of amides is 1. The predicted molar refractivity (Wildman–Crippen MR) is 94.0 cm³/mol. The lowest BCUT2D eigenvalue weighted by Gasteiger charge is -2.10. The van der Waals surface area contributed by atoms with Gasteiger partial charge in [0.25, 0.3) is 5.91 Å². The van der Waals surface area contributed by atoms with Gasteiger partial charge in [-0.2, -0.15) is 4.72 Å². The van der Waals surface area contributed by atoms with E-state index in [9.17, 15) is 13.2 Å². The number of rotatable bonds is 8. The number of sulfonamides is 1. The van der Waals surface area contributed by atoms with E-state index < -0.39 is 10.0 Å². The van der Waals surface area contributed by atoms with Crippen LogP contribution < -0.4 is 10.0 Å². The molecule has 1 aromatic rings. The molecule has 1 saturated carbocycles. The molecule has 1 fully saturated rings. The van der Waals surface area contributed by atoms with E-state index in [4.69, 9.17) is 6.42 Å². The molecule has 130 valence electrons. The number of hydrogen-bond acceptors (Lipinski definition) is 3. The molecular weight excluding hydrogens is 324 g/mol. The van der Waals surface area contributed by atoms with Crippen molar-refractivity contribution in [2.75, 3.05) is 13.1 Å². The van der Waals surface area contributed by atoms with E-state index in [1.807, 2.05) is 0 Å². The Morgan fingerprint density at radius 3 is 2.75 bits per heavy atom. The summed E-state index contributed by atoms with van der Waals surface area (Å²) < 4.78 is 26.3. The average Bonchev–Trinajstić information content (AvgIpc) is 3.10. The van der Waals surface area contributed by atoms with Crippen molar-refractivity contribution in [3.63, 3.8) is 0 Å². The smallest absolute Gasteiger partial charge is 0.251 e. The maximum Gasteiger partial charge on any atom is 0.251 e. The molecule has 0 saturated heterocycles. The van der Waals surface area contributed by atoms with Crippen LogP contribution in [-0.2, 0) is 10.0 Å². The Morgan fingerprint density at radius 2 is 2.04 bits per heavy atom. The van der Waals surface area contributed by atoms with E-state index in [2.05, 4.69) is 16.0 Å². The van der Waals surface area contributed by atoms with Gasteiger partial charge in [-0.05, 0) is 37.0 Å². The molecule has 0 bridgehead atoms. The fraction of sp³-hybridized carbons (Fsp3) is 0.500. The Morgan fingerprint density at radius 1 is 1.29 bits per heavy atom. The van der Waals surface area contributed by atoms with Crippen LogP contribution in [0.2, 0.25) is 0 Å². The summed E-state index contributed by atoms with van der Waals surface area (Å²) in [5.74, 6) is 2.77. The zero-order valence-electron chi connectivity index (χ0n) is 13.8. The Bertz CT molecular complexity index is 701. The molecule has 1 aromatic carbocycles. The first-order valence-corrected chi connectivity index (χ1v) is 9.82. The molecule has 2 rings (SSSR count). The molecule has 1 aliphatic carbocycles. The summed E-state index contributed by atoms with van der Waals surface area (Å²) in [4.78, 5) is 12.2. The van der Waals surface area contributed by atoms with Gasteiger partial charge in [-0.15, -0.1) is 6.42 Å². The lowest BCUT2D eigenvalue weighted by atomic mass is 10.0. The van der Waals surface area contributed by atoms with Crippen LogP contribution in [0.15, 0.2) is 29.2 Å². The van der Waals surface area contributed by atoms with Crippen molar-refractivity contribution < 1.29 is 13.2 Å². The van der Waals surface area contributed by atoms with Crippen molar-refractivity contribution in [3.8, 4) is 12.3 Å². The molecule has 0 radical (unpaired) electrons. The number of benzene rings is 1. The van der Waals surface area contributed by atoms with Gasteiger partial charge in [-0.3, -0.25) is 4.79 Å². The molecule has 0 atom stereocenters. The van der Waals surface area contributed by atoms with E-state index in [-0.39, 0.29) is 17.3 Å². The van der Waals surface area contributed by atoms with E-state index in [0.717, 1.165) is 18.8 Å². The number of carbonyl (C=O) groups excluding carboxylic acids is 1. The molecule has 1 amide bonds. The zero-order chi connectivity index (χ0) is 17.4. The topological polar surface area (TPSA) is 75.3 Å². The number of nitrogens with one attached hydrogen (secondary N) is 2. The Labute approximate surface area is 144 Å². The third-order valence-corrected chi connectivity index (χ3v) is 5.72. The van der Waals surface area contributed by atoms with Gasteiger partial charge >= 0.3 is 0 Å². The van der Waals surface area contributed by atoms with E-state index >= 15 is 0 Å². The Hall–Kier alpha value is -1.84. The van der Waals surface area contributed by atoms with Gasteiger partial charge in [0.2, 0.25) is 10.0 Å². The lowest BCUT2D eigenvalue weighted by molar-refractivity contribution is 0.0952. The van der Waals surface area contributed by atoms with Crippen LogP contribution >= 0.6 is 0 Å². The molecule has 0 unspecified atom stereocenters. The van der Waals surface area contributed by atoms with E-state index in [1.54, 1.807) is 12.1 Å². The second kappa shape index (κ2) is 8.86. The van der Waals surface area contributed by atoms with Gasteiger partial charge < -0.3 is 5.32 Å². The van der Waals surface area contributed by atoms with Crippen molar-refractivity contribution in [1.82, 2.24) is 10.0 Å². The molecule has 2 N–H and O–H groups in total. The highest BCUT2D eigenvalue weighted by Gasteiger charge is 2.16. The highest BCUT2D eigenvalue weighted by Crippen LogP contribution is 2.28. The van der Waals surface area contributed by atoms with Crippen LogP contribution in [0.1, 0.15) is 48.9 Å². The highest BCUT2D eigenvalue weighted by molar-refractivity contribution is 7.89. The van der Waals surface area contributed by atoms with Crippen LogP contribution in [-0.4, -0.2) is 27.4 Å². The summed E-state index contributed by atoms with van der Waals surface area (Å²) in [5.41, 5.74) is 0.333. The van der Waals surface area contributed by atoms with Gasteiger partial charge in [-0.25, -0.2) is 8.42 Å². The SMILES string of the molecule is C#CCNS(=O)(=O)c1cccc(C(=O)NCCCC2CCCC2)c1. The summed E-state index contributed by atoms with van der Waals surface area (Å²) >= 11 is 0. The van der Waals surface area contributed by atoms with Crippen LogP contribution in [0.3, 0.4) is 0 Å². The van der Waals surface area contributed by atoms with Crippen molar-refractivity contribution in [2.24, 2.45) is 5.92 Å². The maximum absolute atomic E-state index is 12.2. The number of hydrogen-bond donors (Lipinski definition) is 2. The van der Waals surface area contributed by atoms with Crippen LogP contribution in [0, 0.1) is 18.3 Å². The van der Waals surface area contributed by atoms with Crippen molar-refractivity contribution in [2.45, 2.75) is 43.4 Å².